The minimum Gasteiger partial charge on any atom is -0.399 e. The van der Waals surface area contributed by atoms with Crippen molar-refractivity contribution in [2.75, 3.05) is 0 Å². The van der Waals surface area contributed by atoms with Crippen molar-refractivity contribution >= 4 is 41.1 Å². The summed E-state index contributed by atoms with van der Waals surface area (Å²) in [7, 11) is -0.806. The van der Waals surface area contributed by atoms with Gasteiger partial charge in [0.1, 0.15) is 6.10 Å². The SMILES string of the molecule is CC(O)C(F)(F)F.CC1(C)OB(c2cccc(CBr)c2)OC1(C)C.C[C@@H](OCc1cccc(B2OC(C)(C)C(C)(C)O2)c1)C(F)(F)F. The summed E-state index contributed by atoms with van der Waals surface area (Å²) < 4.78 is 99.0. The highest BCUT2D eigenvalue weighted by atomic mass is 79.9. The van der Waals surface area contributed by atoms with Gasteiger partial charge in [0.05, 0.1) is 29.0 Å². The molecule has 0 saturated carbocycles. The summed E-state index contributed by atoms with van der Waals surface area (Å²) in [5.74, 6) is 0. The van der Waals surface area contributed by atoms with Gasteiger partial charge in [-0.2, -0.15) is 26.3 Å². The highest BCUT2D eigenvalue weighted by Crippen LogP contribution is 2.37. The van der Waals surface area contributed by atoms with Gasteiger partial charge in [-0.25, -0.2) is 0 Å². The molecule has 2 fully saturated rings. The van der Waals surface area contributed by atoms with Crippen LogP contribution in [0.2, 0.25) is 0 Å². The molecule has 4 rings (SSSR count). The molecule has 6 nitrogen and oxygen atoms in total. The van der Waals surface area contributed by atoms with Crippen LogP contribution in [-0.2, 0) is 35.3 Å². The van der Waals surface area contributed by atoms with Crippen molar-refractivity contribution in [2.24, 2.45) is 0 Å². The molecule has 0 amide bonds. The molecule has 1 N–H and O–H groups in total. The van der Waals surface area contributed by atoms with E-state index in [-0.39, 0.29) is 24.9 Å². The number of rotatable bonds is 6. The van der Waals surface area contributed by atoms with E-state index in [1.54, 1.807) is 18.2 Å². The van der Waals surface area contributed by atoms with Gasteiger partial charge in [0, 0.05) is 5.33 Å². The van der Waals surface area contributed by atoms with Crippen molar-refractivity contribution in [3.63, 3.8) is 0 Å². The molecule has 0 aliphatic carbocycles. The lowest BCUT2D eigenvalue weighted by Crippen LogP contribution is -2.41. The van der Waals surface area contributed by atoms with Crippen LogP contribution in [0.1, 0.15) is 80.4 Å². The largest absolute Gasteiger partial charge is 0.494 e. The number of benzene rings is 2. The lowest BCUT2D eigenvalue weighted by Gasteiger charge is -2.32. The third kappa shape index (κ3) is 11.5. The van der Waals surface area contributed by atoms with Gasteiger partial charge >= 0.3 is 26.6 Å². The fourth-order valence-corrected chi connectivity index (χ4v) is 4.28. The van der Waals surface area contributed by atoms with E-state index in [0.29, 0.717) is 12.5 Å². The lowest BCUT2D eigenvalue weighted by molar-refractivity contribution is -0.217. The topological polar surface area (TPSA) is 66.4 Å². The van der Waals surface area contributed by atoms with Gasteiger partial charge in [0.15, 0.2) is 6.10 Å². The Morgan fingerprint density at radius 2 is 1.02 bits per heavy atom. The van der Waals surface area contributed by atoms with Crippen LogP contribution < -0.4 is 10.9 Å². The first-order chi connectivity index (χ1) is 21.2. The number of halogens is 7. The normalized spacial score (nSPS) is 20.9. The summed E-state index contributed by atoms with van der Waals surface area (Å²) in [5, 5.41) is 8.61. The maximum atomic E-state index is 12.5. The standard InChI is InChI=1S/C16H22BF3O3.C13H18BBrO2.C3H5F3O/c1-11(16(18,19)20)21-10-12-7-6-8-13(9-12)17-22-14(2,3)15(4,5)23-17;1-12(2)13(3,4)17-14(16-12)11-7-5-6-10(8-11)9-15;1-2(7)3(4,5)6/h6-9,11H,10H2,1-5H3;5-8H,9H2,1-4H3;2,7H,1H3/t11-;;/m1../s1. The van der Waals surface area contributed by atoms with Crippen LogP contribution in [0.3, 0.4) is 0 Å². The molecule has 0 bridgehead atoms. The molecule has 2 aliphatic heterocycles. The number of aliphatic hydroxyl groups excluding tert-OH is 1. The Labute approximate surface area is 283 Å². The Morgan fingerprint density at radius 1 is 0.681 bits per heavy atom. The smallest absolute Gasteiger partial charge is 0.399 e. The van der Waals surface area contributed by atoms with Gasteiger partial charge in [-0.3, -0.25) is 0 Å². The molecule has 2 saturated heterocycles. The van der Waals surface area contributed by atoms with E-state index in [0.717, 1.165) is 23.2 Å². The Bertz CT molecular complexity index is 1270. The minimum atomic E-state index is -4.44. The first kappa shape index (κ1) is 41.6. The molecular formula is C32H45B2BrF6O6. The molecule has 0 radical (unpaired) electrons. The molecule has 264 valence electrons. The number of hydrogen-bond acceptors (Lipinski definition) is 6. The maximum Gasteiger partial charge on any atom is 0.494 e. The second-order valence-corrected chi connectivity index (χ2v) is 14.1. The van der Waals surface area contributed by atoms with Gasteiger partial charge < -0.3 is 28.5 Å². The molecule has 2 aromatic rings. The van der Waals surface area contributed by atoms with Crippen molar-refractivity contribution in [3.8, 4) is 0 Å². The molecular weight excluding hydrogens is 696 g/mol. The summed E-state index contributed by atoms with van der Waals surface area (Å²) in [6, 6.07) is 15.4. The summed E-state index contributed by atoms with van der Waals surface area (Å²) in [6.07, 6.45) is -12.8. The highest BCUT2D eigenvalue weighted by Gasteiger charge is 2.52. The lowest BCUT2D eigenvalue weighted by atomic mass is 9.78. The van der Waals surface area contributed by atoms with E-state index in [2.05, 4.69) is 55.8 Å². The molecule has 47 heavy (non-hydrogen) atoms. The molecule has 0 aromatic heterocycles. The van der Waals surface area contributed by atoms with Crippen molar-refractivity contribution in [1.29, 1.82) is 0 Å². The molecule has 0 spiro atoms. The summed E-state index contributed by atoms with van der Waals surface area (Å²) in [6.45, 7) is 17.6. The Balaban J connectivity index is 0.000000280. The number of alkyl halides is 7. The first-order valence-electron chi connectivity index (χ1n) is 15.1. The van der Waals surface area contributed by atoms with Crippen molar-refractivity contribution in [3.05, 3.63) is 59.7 Å². The maximum absolute atomic E-state index is 12.5. The van der Waals surface area contributed by atoms with E-state index >= 15 is 0 Å². The van der Waals surface area contributed by atoms with Crippen molar-refractivity contribution in [2.45, 2.75) is 128 Å². The number of aliphatic hydroxyl groups is 1. The Kier molecular flexibility index (Phi) is 13.7. The summed E-state index contributed by atoms with van der Waals surface area (Å²) in [5.41, 5.74) is 2.25. The second-order valence-electron chi connectivity index (χ2n) is 13.5. The monoisotopic (exact) mass is 740 g/mol. The molecule has 2 atom stereocenters. The van der Waals surface area contributed by atoms with Gasteiger partial charge in [0.25, 0.3) is 0 Å². The summed E-state index contributed by atoms with van der Waals surface area (Å²) in [4.78, 5) is 0. The van der Waals surface area contributed by atoms with Gasteiger partial charge in [0.2, 0.25) is 0 Å². The zero-order valence-corrected chi connectivity index (χ0v) is 30.1. The number of ether oxygens (including phenoxy) is 1. The van der Waals surface area contributed by atoms with Crippen molar-refractivity contribution in [1.82, 2.24) is 0 Å². The van der Waals surface area contributed by atoms with E-state index in [1.165, 1.54) is 5.56 Å². The zero-order valence-electron chi connectivity index (χ0n) is 28.5. The van der Waals surface area contributed by atoms with Crippen molar-refractivity contribution < 1.29 is 54.8 Å². The van der Waals surface area contributed by atoms with Gasteiger partial charge in [-0.05, 0) is 91.3 Å². The summed E-state index contributed by atoms with van der Waals surface area (Å²) >= 11 is 3.46. The number of hydrogen-bond donors (Lipinski definition) is 1. The fourth-order valence-electron chi connectivity index (χ4n) is 3.93. The van der Waals surface area contributed by atoms with Gasteiger partial charge in [-0.1, -0.05) is 64.5 Å². The molecule has 2 aromatic carbocycles. The highest BCUT2D eigenvalue weighted by molar-refractivity contribution is 9.08. The zero-order chi connectivity index (χ0) is 36.2. The van der Waals surface area contributed by atoms with Crippen LogP contribution in [0, 0.1) is 0 Å². The predicted molar refractivity (Wildman–Crippen MR) is 175 cm³/mol. The second kappa shape index (κ2) is 15.5. The van der Waals surface area contributed by atoms with E-state index < -0.39 is 42.9 Å². The van der Waals surface area contributed by atoms with Crippen LogP contribution in [0.5, 0.6) is 0 Å². The van der Waals surface area contributed by atoms with E-state index in [1.807, 2.05) is 45.9 Å². The van der Waals surface area contributed by atoms with E-state index in [4.69, 9.17) is 28.5 Å². The molecule has 2 aliphatic rings. The molecule has 15 heteroatoms. The Hall–Kier alpha value is -1.61. The molecule has 1 unspecified atom stereocenters. The van der Waals surface area contributed by atoms with Crippen LogP contribution in [-0.4, -0.2) is 66.3 Å². The van der Waals surface area contributed by atoms with Crippen LogP contribution in [0.4, 0.5) is 26.3 Å². The van der Waals surface area contributed by atoms with E-state index in [9.17, 15) is 26.3 Å². The average Bonchev–Trinajstić information content (AvgIpc) is 3.31. The third-order valence-corrected chi connectivity index (χ3v) is 9.19. The molecule has 2 heterocycles. The third-order valence-electron chi connectivity index (χ3n) is 8.54. The fraction of sp³-hybridized carbons (Fsp3) is 0.625. The first-order valence-corrected chi connectivity index (χ1v) is 16.2. The van der Waals surface area contributed by atoms with Crippen LogP contribution in [0.15, 0.2) is 48.5 Å². The quantitative estimate of drug-likeness (QED) is 0.191. The van der Waals surface area contributed by atoms with Gasteiger partial charge in [-0.15, -0.1) is 0 Å². The van der Waals surface area contributed by atoms with Crippen LogP contribution >= 0.6 is 15.9 Å². The predicted octanol–water partition coefficient (Wildman–Crippen LogP) is 7.26. The minimum absolute atomic E-state index is 0.117. The van der Waals surface area contributed by atoms with Crippen LogP contribution in [0.25, 0.3) is 0 Å². The average molecular weight is 741 g/mol. The Morgan fingerprint density at radius 3 is 1.34 bits per heavy atom.